The highest BCUT2D eigenvalue weighted by Crippen LogP contribution is 2.20. The Kier molecular flexibility index (Phi) is 3.99. The van der Waals surface area contributed by atoms with Gasteiger partial charge in [-0.3, -0.25) is 0 Å². The predicted octanol–water partition coefficient (Wildman–Crippen LogP) is 3.49. The van der Waals surface area contributed by atoms with E-state index in [-0.39, 0.29) is 0 Å². The van der Waals surface area contributed by atoms with Crippen LogP contribution in [0.4, 0.5) is 0 Å². The summed E-state index contributed by atoms with van der Waals surface area (Å²) in [6.07, 6.45) is -0.0804. The topological polar surface area (TPSA) is 44.0 Å². The Morgan fingerprint density at radius 1 is 1.17 bits per heavy atom. The van der Waals surface area contributed by atoms with Crippen molar-refractivity contribution in [2.24, 2.45) is 0 Å². The zero-order valence-corrected chi connectivity index (χ0v) is 10.4. The van der Waals surface area contributed by atoms with Crippen LogP contribution in [0.5, 0.6) is 0 Å². The first-order valence-electron chi connectivity index (χ1n) is 5.61. The fraction of sp³-hybridized carbons (Fsp3) is 0.133. The molecule has 2 nitrogen and oxygen atoms in total. The molecule has 2 aromatic carbocycles. The van der Waals surface area contributed by atoms with Crippen LogP contribution in [0, 0.1) is 11.3 Å². The third-order valence-corrected chi connectivity index (χ3v) is 2.98. The minimum Gasteiger partial charge on any atom is -0.388 e. The molecule has 2 rings (SSSR count). The number of nitriles is 1. The molecule has 0 saturated heterocycles. The van der Waals surface area contributed by atoms with E-state index in [9.17, 15) is 5.11 Å². The molecule has 1 unspecified atom stereocenters. The van der Waals surface area contributed by atoms with E-state index in [0.717, 1.165) is 11.1 Å². The Morgan fingerprint density at radius 3 is 2.50 bits per heavy atom. The highest BCUT2D eigenvalue weighted by Gasteiger charge is 2.08. The second-order valence-corrected chi connectivity index (χ2v) is 4.52. The third kappa shape index (κ3) is 3.10. The van der Waals surface area contributed by atoms with Crippen LogP contribution in [0.25, 0.3) is 0 Å². The summed E-state index contributed by atoms with van der Waals surface area (Å²) in [7, 11) is 0. The van der Waals surface area contributed by atoms with Gasteiger partial charge in [0.15, 0.2) is 0 Å². The molecule has 0 aliphatic heterocycles. The first kappa shape index (κ1) is 12.6. The molecule has 0 aromatic heterocycles. The second-order valence-electron chi connectivity index (χ2n) is 4.08. The predicted molar refractivity (Wildman–Crippen MR) is 71.3 cm³/mol. The summed E-state index contributed by atoms with van der Waals surface area (Å²) in [6.45, 7) is 0. The van der Waals surface area contributed by atoms with Crippen molar-refractivity contribution in [2.45, 2.75) is 12.5 Å². The standard InChI is InChI=1S/C15H12ClNO/c16-14-3-1-2-12(8-14)9-15(18)13-6-4-11(10-17)5-7-13/h1-8,15,18H,9H2. The fourth-order valence-electron chi connectivity index (χ4n) is 1.78. The van der Waals surface area contributed by atoms with Crippen molar-refractivity contribution in [1.82, 2.24) is 0 Å². The van der Waals surface area contributed by atoms with Crippen LogP contribution in [0.2, 0.25) is 5.02 Å². The maximum atomic E-state index is 10.1. The smallest absolute Gasteiger partial charge is 0.0991 e. The highest BCUT2D eigenvalue weighted by atomic mass is 35.5. The van der Waals surface area contributed by atoms with Crippen LogP contribution < -0.4 is 0 Å². The van der Waals surface area contributed by atoms with E-state index in [4.69, 9.17) is 16.9 Å². The zero-order valence-electron chi connectivity index (χ0n) is 9.68. The van der Waals surface area contributed by atoms with Gasteiger partial charge in [0.1, 0.15) is 0 Å². The van der Waals surface area contributed by atoms with Crippen molar-refractivity contribution < 1.29 is 5.11 Å². The molecule has 0 radical (unpaired) electrons. The van der Waals surface area contributed by atoms with Crippen LogP contribution in [0.3, 0.4) is 0 Å². The van der Waals surface area contributed by atoms with Gasteiger partial charge in [0.05, 0.1) is 17.7 Å². The maximum Gasteiger partial charge on any atom is 0.0991 e. The number of benzene rings is 2. The van der Waals surface area contributed by atoms with Crippen molar-refractivity contribution in [3.05, 3.63) is 70.2 Å². The molecule has 0 heterocycles. The van der Waals surface area contributed by atoms with Crippen molar-refractivity contribution in [3.8, 4) is 6.07 Å². The quantitative estimate of drug-likeness (QED) is 0.915. The Balaban J connectivity index is 2.12. The van der Waals surface area contributed by atoms with Gasteiger partial charge < -0.3 is 5.11 Å². The van der Waals surface area contributed by atoms with Crippen LogP contribution in [0.1, 0.15) is 22.8 Å². The Morgan fingerprint density at radius 2 is 1.89 bits per heavy atom. The molecular weight excluding hydrogens is 246 g/mol. The number of aliphatic hydroxyl groups is 1. The lowest BCUT2D eigenvalue weighted by Crippen LogP contribution is -2.01. The van der Waals surface area contributed by atoms with Gasteiger partial charge >= 0.3 is 0 Å². The number of hydrogen-bond acceptors (Lipinski definition) is 2. The van der Waals surface area contributed by atoms with E-state index < -0.39 is 6.10 Å². The van der Waals surface area contributed by atoms with Crippen LogP contribution in [-0.2, 0) is 6.42 Å². The lowest BCUT2D eigenvalue weighted by molar-refractivity contribution is 0.178. The summed E-state index contributed by atoms with van der Waals surface area (Å²) >= 11 is 5.90. The summed E-state index contributed by atoms with van der Waals surface area (Å²) < 4.78 is 0. The molecule has 1 atom stereocenters. The Labute approximate surface area is 111 Å². The molecule has 0 amide bonds. The molecule has 0 saturated carbocycles. The average molecular weight is 258 g/mol. The first-order chi connectivity index (χ1) is 8.69. The minimum absolute atomic E-state index is 0.506. The average Bonchev–Trinajstić information content (AvgIpc) is 2.39. The number of halogens is 1. The van der Waals surface area contributed by atoms with E-state index in [1.54, 1.807) is 30.3 Å². The van der Waals surface area contributed by atoms with Crippen LogP contribution in [0.15, 0.2) is 48.5 Å². The second kappa shape index (κ2) is 5.68. The summed E-state index contributed by atoms with van der Waals surface area (Å²) in [4.78, 5) is 0. The normalized spacial score (nSPS) is 11.8. The van der Waals surface area contributed by atoms with Gasteiger partial charge in [0.2, 0.25) is 0 Å². The van der Waals surface area contributed by atoms with E-state index in [0.29, 0.717) is 17.0 Å². The van der Waals surface area contributed by atoms with Crippen molar-refractivity contribution >= 4 is 11.6 Å². The number of nitrogens with zero attached hydrogens (tertiary/aromatic N) is 1. The SMILES string of the molecule is N#Cc1ccc(C(O)Cc2cccc(Cl)c2)cc1. The summed E-state index contributed by atoms with van der Waals surface area (Å²) in [6, 6.07) is 16.4. The fourth-order valence-corrected chi connectivity index (χ4v) is 2.00. The van der Waals surface area contributed by atoms with E-state index in [1.165, 1.54) is 0 Å². The van der Waals surface area contributed by atoms with Crippen molar-refractivity contribution in [3.63, 3.8) is 0 Å². The Hall–Kier alpha value is -1.82. The van der Waals surface area contributed by atoms with Gasteiger partial charge in [0, 0.05) is 11.4 Å². The number of rotatable bonds is 3. The molecule has 18 heavy (non-hydrogen) atoms. The molecule has 2 aromatic rings. The van der Waals surface area contributed by atoms with Gasteiger partial charge in [-0.2, -0.15) is 5.26 Å². The summed E-state index contributed by atoms with van der Waals surface area (Å²) in [5.41, 5.74) is 2.38. The van der Waals surface area contributed by atoms with Gasteiger partial charge in [0.25, 0.3) is 0 Å². The van der Waals surface area contributed by atoms with Crippen LogP contribution in [-0.4, -0.2) is 5.11 Å². The van der Waals surface area contributed by atoms with Crippen LogP contribution >= 0.6 is 11.6 Å². The van der Waals surface area contributed by atoms with Gasteiger partial charge in [-0.05, 0) is 35.4 Å². The monoisotopic (exact) mass is 257 g/mol. The van der Waals surface area contributed by atoms with Crippen molar-refractivity contribution in [1.29, 1.82) is 5.26 Å². The molecule has 0 spiro atoms. The zero-order chi connectivity index (χ0) is 13.0. The Bertz CT molecular complexity index is 572. The van der Waals surface area contributed by atoms with Gasteiger partial charge in [-0.25, -0.2) is 0 Å². The number of aliphatic hydroxyl groups excluding tert-OH is 1. The van der Waals surface area contributed by atoms with Gasteiger partial charge in [-0.1, -0.05) is 35.9 Å². The lowest BCUT2D eigenvalue weighted by atomic mass is 10.0. The molecule has 0 aliphatic carbocycles. The molecule has 0 aliphatic rings. The van der Waals surface area contributed by atoms with Gasteiger partial charge in [-0.15, -0.1) is 0 Å². The molecule has 3 heteroatoms. The van der Waals surface area contributed by atoms with E-state index in [1.807, 2.05) is 18.2 Å². The molecule has 90 valence electrons. The molecule has 0 bridgehead atoms. The first-order valence-corrected chi connectivity index (χ1v) is 5.99. The summed E-state index contributed by atoms with van der Waals surface area (Å²) in [5, 5.41) is 19.5. The minimum atomic E-state index is -0.587. The number of hydrogen-bond donors (Lipinski definition) is 1. The molecule has 1 N–H and O–H groups in total. The maximum absolute atomic E-state index is 10.1. The summed E-state index contributed by atoms with van der Waals surface area (Å²) in [5.74, 6) is 0. The van der Waals surface area contributed by atoms with E-state index in [2.05, 4.69) is 6.07 Å². The highest BCUT2D eigenvalue weighted by molar-refractivity contribution is 6.30. The largest absolute Gasteiger partial charge is 0.388 e. The lowest BCUT2D eigenvalue weighted by Gasteiger charge is -2.11. The molecule has 0 fully saturated rings. The van der Waals surface area contributed by atoms with Crippen molar-refractivity contribution in [2.75, 3.05) is 0 Å². The van der Waals surface area contributed by atoms with E-state index >= 15 is 0 Å². The third-order valence-electron chi connectivity index (χ3n) is 2.74. The molecular formula is C15H12ClNO.